The molecule has 0 aromatic carbocycles. The third-order valence-electron chi connectivity index (χ3n) is 1.16. The Morgan fingerprint density at radius 3 is 2.46 bits per heavy atom. The molecule has 0 aliphatic carbocycles. The Bertz CT molecular complexity index is 165. The zero-order valence-corrected chi connectivity index (χ0v) is 8.76. The number of nitrogens with two attached hydrogens (primary N) is 1. The number of rotatable bonds is 3. The first-order valence-corrected chi connectivity index (χ1v) is 4.27. The maximum absolute atomic E-state index is 11.3. The highest BCUT2D eigenvalue weighted by molar-refractivity contribution is 5.67. The molecule has 3 N–H and O–H groups in total. The molecule has 0 aliphatic heterocycles. The van der Waals surface area contributed by atoms with Gasteiger partial charge in [0.25, 0.3) is 0 Å². The molecule has 0 saturated heterocycles. The molecule has 0 saturated carbocycles. The molecule has 0 spiro atoms. The van der Waals surface area contributed by atoms with Gasteiger partial charge in [-0.3, -0.25) is 0 Å². The summed E-state index contributed by atoms with van der Waals surface area (Å²) in [5.41, 5.74) is 7.59. The number of carbonyl (C=O) groups is 1. The molecule has 0 unspecified atom stereocenters. The SMILES string of the molecule is CN(NCCN)C(=O)OC(C)(C)C. The summed E-state index contributed by atoms with van der Waals surface area (Å²) in [6, 6.07) is 0. The van der Waals surface area contributed by atoms with Crippen LogP contribution < -0.4 is 11.2 Å². The Hall–Kier alpha value is -0.810. The van der Waals surface area contributed by atoms with E-state index in [0.29, 0.717) is 13.1 Å². The summed E-state index contributed by atoms with van der Waals surface area (Å²) < 4.78 is 5.08. The van der Waals surface area contributed by atoms with Crippen molar-refractivity contribution >= 4 is 6.09 Å². The van der Waals surface area contributed by atoms with Crippen molar-refractivity contribution in [3.63, 3.8) is 0 Å². The average Bonchev–Trinajstić information content (AvgIpc) is 1.96. The lowest BCUT2D eigenvalue weighted by Gasteiger charge is -2.24. The Balaban J connectivity index is 3.83. The van der Waals surface area contributed by atoms with Gasteiger partial charge in [-0.15, -0.1) is 0 Å². The zero-order valence-electron chi connectivity index (χ0n) is 8.76. The van der Waals surface area contributed by atoms with Gasteiger partial charge >= 0.3 is 6.09 Å². The second-order valence-electron chi connectivity index (χ2n) is 3.74. The molecule has 0 bridgehead atoms. The maximum Gasteiger partial charge on any atom is 0.424 e. The fraction of sp³-hybridized carbons (Fsp3) is 0.875. The van der Waals surface area contributed by atoms with Gasteiger partial charge in [0.15, 0.2) is 0 Å². The van der Waals surface area contributed by atoms with Crippen LogP contribution in [-0.4, -0.2) is 36.8 Å². The second kappa shape index (κ2) is 5.04. The van der Waals surface area contributed by atoms with Crippen LogP contribution in [0.2, 0.25) is 0 Å². The quantitative estimate of drug-likeness (QED) is 0.627. The Kier molecular flexibility index (Phi) is 4.72. The number of nitrogens with one attached hydrogen (secondary N) is 1. The number of hydrazine groups is 1. The molecule has 1 amide bonds. The minimum absolute atomic E-state index is 0.402. The van der Waals surface area contributed by atoms with E-state index in [1.54, 1.807) is 7.05 Å². The summed E-state index contributed by atoms with van der Waals surface area (Å²) in [6.07, 6.45) is -0.402. The highest BCUT2D eigenvalue weighted by atomic mass is 16.6. The van der Waals surface area contributed by atoms with Crippen LogP contribution in [0.5, 0.6) is 0 Å². The summed E-state index contributed by atoms with van der Waals surface area (Å²) >= 11 is 0. The van der Waals surface area contributed by atoms with E-state index < -0.39 is 11.7 Å². The number of hydrogen-bond donors (Lipinski definition) is 2. The van der Waals surface area contributed by atoms with Crippen LogP contribution in [0.15, 0.2) is 0 Å². The van der Waals surface area contributed by atoms with E-state index in [-0.39, 0.29) is 0 Å². The highest BCUT2D eigenvalue weighted by Gasteiger charge is 2.18. The van der Waals surface area contributed by atoms with Gasteiger partial charge < -0.3 is 10.5 Å². The highest BCUT2D eigenvalue weighted by Crippen LogP contribution is 2.07. The maximum atomic E-state index is 11.3. The predicted molar refractivity (Wildman–Crippen MR) is 51.1 cm³/mol. The standard InChI is InChI=1S/C8H19N3O2/c1-8(2,3)13-7(12)11(4)10-6-5-9/h10H,5-6,9H2,1-4H3. The zero-order chi connectivity index (χ0) is 10.5. The van der Waals surface area contributed by atoms with E-state index in [2.05, 4.69) is 5.43 Å². The summed E-state index contributed by atoms with van der Waals surface area (Å²) in [7, 11) is 1.60. The summed E-state index contributed by atoms with van der Waals surface area (Å²) in [4.78, 5) is 11.3. The summed E-state index contributed by atoms with van der Waals surface area (Å²) in [5, 5.41) is 1.29. The van der Waals surface area contributed by atoms with Crippen LogP contribution in [0.25, 0.3) is 0 Å². The van der Waals surface area contributed by atoms with Gasteiger partial charge in [-0.1, -0.05) is 0 Å². The van der Waals surface area contributed by atoms with Crippen molar-refractivity contribution in [2.24, 2.45) is 5.73 Å². The molecule has 5 nitrogen and oxygen atoms in total. The third-order valence-corrected chi connectivity index (χ3v) is 1.16. The van der Waals surface area contributed by atoms with Crippen LogP contribution in [0.4, 0.5) is 4.79 Å². The summed E-state index contributed by atoms with van der Waals surface area (Å²) in [5.74, 6) is 0. The Labute approximate surface area is 79.2 Å². The van der Waals surface area contributed by atoms with Crippen LogP contribution in [0.3, 0.4) is 0 Å². The van der Waals surface area contributed by atoms with E-state index in [0.717, 1.165) is 0 Å². The van der Waals surface area contributed by atoms with Gasteiger partial charge in [0.2, 0.25) is 0 Å². The van der Waals surface area contributed by atoms with Gasteiger partial charge in [-0.05, 0) is 20.8 Å². The summed E-state index contributed by atoms with van der Waals surface area (Å²) in [6.45, 7) is 6.49. The molecular weight excluding hydrogens is 170 g/mol. The Morgan fingerprint density at radius 1 is 1.54 bits per heavy atom. The first-order valence-electron chi connectivity index (χ1n) is 4.27. The minimum Gasteiger partial charge on any atom is -0.443 e. The van der Waals surface area contributed by atoms with Crippen molar-refractivity contribution < 1.29 is 9.53 Å². The van der Waals surface area contributed by atoms with Crippen LogP contribution in [-0.2, 0) is 4.74 Å². The topological polar surface area (TPSA) is 67.6 Å². The fourth-order valence-corrected chi connectivity index (χ4v) is 0.627. The van der Waals surface area contributed by atoms with Crippen molar-refractivity contribution in [3.8, 4) is 0 Å². The molecule has 0 aromatic rings. The van der Waals surface area contributed by atoms with E-state index in [1.165, 1.54) is 5.01 Å². The fourth-order valence-electron chi connectivity index (χ4n) is 0.627. The molecule has 0 atom stereocenters. The molecule has 13 heavy (non-hydrogen) atoms. The lowest BCUT2D eigenvalue weighted by molar-refractivity contribution is 0.0205. The number of amides is 1. The normalized spacial score (nSPS) is 11.2. The molecule has 0 heterocycles. The van der Waals surface area contributed by atoms with Crippen molar-refractivity contribution in [2.75, 3.05) is 20.1 Å². The molecule has 5 heteroatoms. The van der Waals surface area contributed by atoms with Crippen molar-refractivity contribution in [1.82, 2.24) is 10.4 Å². The molecule has 0 rings (SSSR count). The van der Waals surface area contributed by atoms with Crippen molar-refractivity contribution in [2.45, 2.75) is 26.4 Å². The Morgan fingerprint density at radius 2 is 2.08 bits per heavy atom. The number of hydrogen-bond acceptors (Lipinski definition) is 4. The molecule has 0 fully saturated rings. The third kappa shape index (κ3) is 6.36. The van der Waals surface area contributed by atoms with E-state index in [9.17, 15) is 4.79 Å². The van der Waals surface area contributed by atoms with Gasteiger partial charge in [0.05, 0.1) is 0 Å². The van der Waals surface area contributed by atoms with Gasteiger partial charge in [0.1, 0.15) is 5.60 Å². The van der Waals surface area contributed by atoms with Gasteiger partial charge in [-0.2, -0.15) is 0 Å². The lowest BCUT2D eigenvalue weighted by Crippen LogP contribution is -2.44. The average molecular weight is 189 g/mol. The first-order chi connectivity index (χ1) is 5.87. The molecular formula is C8H19N3O2. The minimum atomic E-state index is -0.463. The predicted octanol–water partition coefficient (Wildman–Crippen LogP) is 0.317. The molecule has 0 aromatic heterocycles. The molecule has 0 aliphatic rings. The van der Waals surface area contributed by atoms with Crippen molar-refractivity contribution in [3.05, 3.63) is 0 Å². The number of nitrogens with zero attached hydrogens (tertiary/aromatic N) is 1. The largest absolute Gasteiger partial charge is 0.443 e. The second-order valence-corrected chi connectivity index (χ2v) is 3.74. The van der Waals surface area contributed by atoms with Gasteiger partial charge in [0, 0.05) is 20.1 Å². The number of ether oxygens (including phenoxy) is 1. The molecule has 78 valence electrons. The number of carbonyl (C=O) groups excluding carboxylic acids is 1. The molecule has 0 radical (unpaired) electrons. The van der Waals surface area contributed by atoms with E-state index >= 15 is 0 Å². The van der Waals surface area contributed by atoms with E-state index in [4.69, 9.17) is 10.5 Å². The van der Waals surface area contributed by atoms with Crippen LogP contribution in [0.1, 0.15) is 20.8 Å². The van der Waals surface area contributed by atoms with Crippen LogP contribution in [0, 0.1) is 0 Å². The monoisotopic (exact) mass is 189 g/mol. The van der Waals surface area contributed by atoms with Gasteiger partial charge in [-0.25, -0.2) is 15.2 Å². The van der Waals surface area contributed by atoms with Crippen LogP contribution >= 0.6 is 0 Å². The smallest absolute Gasteiger partial charge is 0.424 e. The lowest BCUT2D eigenvalue weighted by atomic mass is 10.2. The van der Waals surface area contributed by atoms with Crippen molar-refractivity contribution in [1.29, 1.82) is 0 Å². The first kappa shape index (κ1) is 12.2. The van der Waals surface area contributed by atoms with E-state index in [1.807, 2.05) is 20.8 Å².